The molecule has 0 N–H and O–H groups in total. The van der Waals surface area contributed by atoms with E-state index in [2.05, 4.69) is 22.5 Å². The van der Waals surface area contributed by atoms with Crippen LogP contribution in [0.2, 0.25) is 0 Å². The minimum Gasteiger partial charge on any atom is -0.481 e. The van der Waals surface area contributed by atoms with Crippen molar-refractivity contribution in [1.29, 1.82) is 0 Å². The Morgan fingerprint density at radius 2 is 1.96 bits per heavy atom. The number of methoxy groups -OCH3 is 1. The van der Waals surface area contributed by atoms with Gasteiger partial charge in [-0.25, -0.2) is 4.98 Å². The van der Waals surface area contributed by atoms with Crippen LogP contribution in [-0.4, -0.2) is 16.7 Å². The third-order valence-electron chi connectivity index (χ3n) is 5.72. The lowest BCUT2D eigenvalue weighted by atomic mass is 9.93. The van der Waals surface area contributed by atoms with Gasteiger partial charge in [-0.05, 0) is 47.9 Å². The fraction of sp³-hybridized carbons (Fsp3) is 0.391. The number of aryl methyl sites for hydroxylation is 1. The number of nitrogens with zero attached hydrogens (tertiary/aromatic N) is 2. The fourth-order valence-corrected chi connectivity index (χ4v) is 4.37. The summed E-state index contributed by atoms with van der Waals surface area (Å²) in [5.74, 6) is 0.558. The normalized spacial score (nSPS) is 15.2. The fourth-order valence-electron chi connectivity index (χ4n) is 4.37. The Hall–Kier alpha value is -2.62. The van der Waals surface area contributed by atoms with Crippen LogP contribution < -0.4 is 10.3 Å². The Balaban J connectivity index is 1.97. The van der Waals surface area contributed by atoms with Crippen LogP contribution in [0.25, 0.3) is 21.9 Å². The number of hydrogen-bond acceptors (Lipinski definition) is 3. The first kappa shape index (κ1) is 17.8. The molecule has 0 spiro atoms. The monoisotopic (exact) mass is 362 g/mol. The second kappa shape index (κ2) is 7.55. The summed E-state index contributed by atoms with van der Waals surface area (Å²) in [6, 6.07) is 12.5. The van der Waals surface area contributed by atoms with E-state index in [1.54, 1.807) is 13.3 Å². The summed E-state index contributed by atoms with van der Waals surface area (Å²) in [7, 11) is 1.61. The van der Waals surface area contributed by atoms with E-state index < -0.39 is 0 Å². The van der Waals surface area contributed by atoms with E-state index in [0.29, 0.717) is 11.9 Å². The molecule has 3 aromatic rings. The van der Waals surface area contributed by atoms with Crippen molar-refractivity contribution in [3.8, 4) is 17.0 Å². The Labute approximate surface area is 159 Å². The quantitative estimate of drug-likeness (QED) is 0.645. The minimum absolute atomic E-state index is 0.141. The molecule has 0 radical (unpaired) electrons. The van der Waals surface area contributed by atoms with Crippen LogP contribution >= 0.6 is 0 Å². The molecule has 0 unspecified atom stereocenters. The number of ether oxygens (including phenoxy) is 1. The van der Waals surface area contributed by atoms with Crippen LogP contribution in [-0.2, 0) is 6.42 Å². The van der Waals surface area contributed by atoms with Gasteiger partial charge < -0.3 is 9.30 Å². The molecule has 1 aliphatic rings. The maximum atomic E-state index is 13.7. The molecule has 1 aromatic carbocycles. The van der Waals surface area contributed by atoms with Crippen LogP contribution in [0.1, 0.15) is 50.8 Å². The largest absolute Gasteiger partial charge is 0.481 e. The predicted molar refractivity (Wildman–Crippen MR) is 109 cm³/mol. The molecule has 1 aliphatic carbocycles. The van der Waals surface area contributed by atoms with Crippen LogP contribution in [0.3, 0.4) is 0 Å². The molecular weight excluding hydrogens is 336 g/mol. The van der Waals surface area contributed by atoms with Gasteiger partial charge in [-0.15, -0.1) is 0 Å². The van der Waals surface area contributed by atoms with E-state index in [0.717, 1.165) is 46.9 Å². The van der Waals surface area contributed by atoms with E-state index in [1.807, 2.05) is 30.3 Å². The molecule has 4 rings (SSSR count). The average molecular weight is 362 g/mol. The topological polar surface area (TPSA) is 44.1 Å². The van der Waals surface area contributed by atoms with Crippen LogP contribution in [0.5, 0.6) is 5.88 Å². The number of benzene rings is 1. The molecule has 0 atom stereocenters. The van der Waals surface area contributed by atoms with E-state index in [1.165, 1.54) is 19.3 Å². The molecule has 0 saturated heterocycles. The van der Waals surface area contributed by atoms with Crippen molar-refractivity contribution < 1.29 is 4.74 Å². The summed E-state index contributed by atoms with van der Waals surface area (Å²) in [6.07, 6.45) is 8.50. The van der Waals surface area contributed by atoms with E-state index in [-0.39, 0.29) is 5.56 Å². The number of rotatable bonds is 4. The van der Waals surface area contributed by atoms with Crippen LogP contribution in [0.15, 0.2) is 47.4 Å². The summed E-state index contributed by atoms with van der Waals surface area (Å²) in [4.78, 5) is 17.9. The van der Waals surface area contributed by atoms with Crippen molar-refractivity contribution in [2.45, 2.75) is 51.5 Å². The Kier molecular flexibility index (Phi) is 4.97. The van der Waals surface area contributed by atoms with Crippen molar-refractivity contribution in [1.82, 2.24) is 9.55 Å². The standard InChI is InChI=1S/C23H26N2O2/c1-3-18-14-17-8-7-11-20(16-12-13-24-21(15-16)27-2)22(17)23(26)25(18)19-9-5-4-6-10-19/h7-8,11-15,19H,3-6,9-10H2,1-2H3. The summed E-state index contributed by atoms with van der Waals surface area (Å²) < 4.78 is 7.37. The van der Waals surface area contributed by atoms with Gasteiger partial charge >= 0.3 is 0 Å². The lowest BCUT2D eigenvalue weighted by Crippen LogP contribution is -2.29. The predicted octanol–water partition coefficient (Wildman–Crippen LogP) is 5.14. The molecule has 1 saturated carbocycles. The van der Waals surface area contributed by atoms with Crippen molar-refractivity contribution >= 4 is 10.8 Å². The first-order valence-corrected chi connectivity index (χ1v) is 9.90. The van der Waals surface area contributed by atoms with Gasteiger partial charge in [0.15, 0.2) is 0 Å². The zero-order valence-corrected chi connectivity index (χ0v) is 16.1. The maximum Gasteiger partial charge on any atom is 0.259 e. The van der Waals surface area contributed by atoms with Crippen LogP contribution in [0, 0.1) is 0 Å². The zero-order chi connectivity index (χ0) is 18.8. The highest BCUT2D eigenvalue weighted by atomic mass is 16.5. The Bertz CT molecular complexity index is 1020. The summed E-state index contributed by atoms with van der Waals surface area (Å²) in [5.41, 5.74) is 3.20. The summed E-state index contributed by atoms with van der Waals surface area (Å²) in [6.45, 7) is 2.14. The van der Waals surface area contributed by atoms with Gasteiger partial charge in [-0.2, -0.15) is 0 Å². The number of hydrogen-bond donors (Lipinski definition) is 0. The van der Waals surface area contributed by atoms with Crippen molar-refractivity contribution in [2.75, 3.05) is 7.11 Å². The van der Waals surface area contributed by atoms with Crippen molar-refractivity contribution in [3.63, 3.8) is 0 Å². The lowest BCUT2D eigenvalue weighted by molar-refractivity contribution is 0.341. The van der Waals surface area contributed by atoms with E-state index in [9.17, 15) is 4.79 Å². The number of fused-ring (bicyclic) bond motifs is 1. The second-order valence-corrected chi connectivity index (χ2v) is 7.31. The number of aromatic nitrogens is 2. The Morgan fingerprint density at radius 3 is 2.70 bits per heavy atom. The van der Waals surface area contributed by atoms with E-state index in [4.69, 9.17) is 4.74 Å². The highest BCUT2D eigenvalue weighted by molar-refractivity contribution is 5.96. The molecule has 2 aromatic heterocycles. The van der Waals surface area contributed by atoms with Gasteiger partial charge in [0.2, 0.25) is 5.88 Å². The average Bonchev–Trinajstić information content (AvgIpc) is 2.73. The highest BCUT2D eigenvalue weighted by Crippen LogP contribution is 2.32. The zero-order valence-electron chi connectivity index (χ0n) is 16.1. The SMILES string of the molecule is CCc1cc2cccc(-c3ccnc(OC)c3)c2c(=O)n1C1CCCCC1. The van der Waals surface area contributed by atoms with Gasteiger partial charge in [0.25, 0.3) is 5.56 Å². The molecule has 0 bridgehead atoms. The molecule has 27 heavy (non-hydrogen) atoms. The molecule has 4 heteroatoms. The van der Waals surface area contributed by atoms with Gasteiger partial charge in [-0.3, -0.25) is 4.79 Å². The maximum absolute atomic E-state index is 13.7. The molecular formula is C23H26N2O2. The third kappa shape index (κ3) is 3.25. The second-order valence-electron chi connectivity index (χ2n) is 7.31. The smallest absolute Gasteiger partial charge is 0.259 e. The van der Waals surface area contributed by atoms with E-state index >= 15 is 0 Å². The summed E-state index contributed by atoms with van der Waals surface area (Å²) in [5, 5.41) is 1.81. The molecule has 1 fully saturated rings. The molecule has 140 valence electrons. The van der Waals surface area contributed by atoms with Gasteiger partial charge in [0.1, 0.15) is 0 Å². The first-order valence-electron chi connectivity index (χ1n) is 9.90. The minimum atomic E-state index is 0.141. The van der Waals surface area contributed by atoms with Gasteiger partial charge in [0.05, 0.1) is 12.5 Å². The van der Waals surface area contributed by atoms with Gasteiger partial charge in [-0.1, -0.05) is 44.4 Å². The Morgan fingerprint density at radius 1 is 1.15 bits per heavy atom. The molecule has 0 amide bonds. The highest BCUT2D eigenvalue weighted by Gasteiger charge is 2.21. The third-order valence-corrected chi connectivity index (χ3v) is 5.72. The molecule has 2 heterocycles. The van der Waals surface area contributed by atoms with Crippen molar-refractivity contribution in [3.05, 3.63) is 58.6 Å². The van der Waals surface area contributed by atoms with Crippen molar-refractivity contribution in [2.24, 2.45) is 0 Å². The molecule has 0 aliphatic heterocycles. The van der Waals surface area contributed by atoms with Gasteiger partial charge in [0, 0.05) is 24.0 Å². The first-order chi connectivity index (χ1) is 13.2. The lowest BCUT2D eigenvalue weighted by Gasteiger charge is -2.27. The molecule has 4 nitrogen and oxygen atoms in total. The number of pyridine rings is 2. The summed E-state index contributed by atoms with van der Waals surface area (Å²) >= 11 is 0. The van der Waals surface area contributed by atoms with Crippen LogP contribution in [0.4, 0.5) is 0 Å².